The van der Waals surface area contributed by atoms with E-state index in [0.717, 1.165) is 62.7 Å². The summed E-state index contributed by atoms with van der Waals surface area (Å²) in [5.41, 5.74) is 6.13. The molecule has 0 saturated carbocycles. The molecular weight excluding hydrogens is 450 g/mol. The summed E-state index contributed by atoms with van der Waals surface area (Å²) < 4.78 is 12.6. The van der Waals surface area contributed by atoms with Gasteiger partial charge in [0.2, 0.25) is 0 Å². The first-order chi connectivity index (χ1) is 17.6. The molecule has 0 aliphatic carbocycles. The van der Waals surface area contributed by atoms with Gasteiger partial charge in [-0.3, -0.25) is 10.00 Å². The molecular formula is C30H31N3O3. The smallest absolute Gasteiger partial charge is 0.150 e. The van der Waals surface area contributed by atoms with Crippen molar-refractivity contribution in [2.24, 2.45) is 5.92 Å². The largest absolute Gasteiger partial charge is 0.508 e. The summed E-state index contributed by atoms with van der Waals surface area (Å²) in [4.78, 5) is 2.47. The van der Waals surface area contributed by atoms with E-state index in [-0.39, 0.29) is 11.9 Å². The minimum absolute atomic E-state index is 0.223. The number of nitrogens with zero attached hydrogens (tertiary/aromatic N) is 2. The fraction of sp³-hybridized carbons (Fsp3) is 0.300. The number of benzene rings is 3. The number of likely N-dealkylation sites (tertiary alicyclic amines) is 1. The Bertz CT molecular complexity index is 1420. The molecule has 2 aliphatic heterocycles. The molecule has 2 atom stereocenters. The van der Waals surface area contributed by atoms with E-state index in [0.29, 0.717) is 6.61 Å². The Labute approximate surface area is 211 Å². The molecule has 6 heteroatoms. The summed E-state index contributed by atoms with van der Waals surface area (Å²) in [5.74, 6) is 2.64. The summed E-state index contributed by atoms with van der Waals surface area (Å²) in [6.07, 6.45) is 2.83. The van der Waals surface area contributed by atoms with Crippen molar-refractivity contribution >= 4 is 22.0 Å². The number of phenols is 1. The van der Waals surface area contributed by atoms with E-state index in [9.17, 15) is 5.11 Å². The number of ether oxygens (including phenoxy) is 2. The Morgan fingerprint density at radius 1 is 1.11 bits per heavy atom. The monoisotopic (exact) mass is 481 g/mol. The lowest BCUT2D eigenvalue weighted by molar-refractivity contribution is 0.233. The molecule has 0 spiro atoms. The number of hydrogen-bond donors (Lipinski definition) is 2. The van der Waals surface area contributed by atoms with Gasteiger partial charge in [0.15, 0.2) is 0 Å². The highest BCUT2D eigenvalue weighted by Gasteiger charge is 2.30. The van der Waals surface area contributed by atoms with E-state index in [2.05, 4.69) is 47.1 Å². The molecule has 6 nitrogen and oxygen atoms in total. The summed E-state index contributed by atoms with van der Waals surface area (Å²) in [5, 5.41) is 18.5. The third-order valence-corrected chi connectivity index (χ3v) is 7.42. The van der Waals surface area contributed by atoms with Gasteiger partial charge in [0.05, 0.1) is 11.7 Å². The van der Waals surface area contributed by atoms with Crippen molar-refractivity contribution in [3.8, 4) is 17.2 Å². The molecule has 0 amide bonds. The van der Waals surface area contributed by atoms with Crippen molar-refractivity contribution in [2.75, 3.05) is 26.2 Å². The number of fused-ring (bicyclic) bond motifs is 2. The third kappa shape index (κ3) is 4.22. The first-order valence-corrected chi connectivity index (χ1v) is 12.7. The fourth-order valence-corrected chi connectivity index (χ4v) is 5.48. The van der Waals surface area contributed by atoms with Crippen molar-refractivity contribution < 1.29 is 14.6 Å². The number of aromatic nitrogens is 2. The van der Waals surface area contributed by atoms with Gasteiger partial charge in [0, 0.05) is 29.6 Å². The lowest BCUT2D eigenvalue weighted by atomic mass is 9.85. The second-order valence-electron chi connectivity index (χ2n) is 9.97. The number of phenolic OH excluding ortho intramolecular Hbond substituents is 1. The van der Waals surface area contributed by atoms with Crippen LogP contribution in [0.3, 0.4) is 0 Å². The molecule has 1 unspecified atom stereocenters. The number of rotatable bonds is 6. The summed E-state index contributed by atoms with van der Waals surface area (Å²) in [7, 11) is 0. The van der Waals surface area contributed by atoms with Crippen LogP contribution >= 0.6 is 0 Å². The van der Waals surface area contributed by atoms with Crippen molar-refractivity contribution in [1.82, 2.24) is 15.1 Å². The molecule has 3 aromatic carbocycles. The van der Waals surface area contributed by atoms with Crippen molar-refractivity contribution in [2.45, 2.75) is 26.4 Å². The predicted molar refractivity (Wildman–Crippen MR) is 142 cm³/mol. The minimum Gasteiger partial charge on any atom is -0.508 e. The first-order valence-electron chi connectivity index (χ1n) is 12.7. The quantitative estimate of drug-likeness (QED) is 0.351. The number of allylic oxidation sites excluding steroid dienone is 1. The number of H-pyrrole nitrogens is 1. The Morgan fingerprint density at radius 3 is 2.78 bits per heavy atom. The van der Waals surface area contributed by atoms with Crippen LogP contribution in [0.25, 0.3) is 22.0 Å². The van der Waals surface area contributed by atoms with Gasteiger partial charge in [-0.15, -0.1) is 0 Å². The second-order valence-corrected chi connectivity index (χ2v) is 9.97. The Kier molecular flexibility index (Phi) is 5.89. The van der Waals surface area contributed by atoms with Crippen molar-refractivity contribution in [1.29, 1.82) is 0 Å². The van der Waals surface area contributed by atoms with Crippen LogP contribution in [0.15, 0.2) is 66.9 Å². The van der Waals surface area contributed by atoms with Crippen LogP contribution in [0, 0.1) is 5.92 Å². The molecule has 6 rings (SSSR count). The number of aromatic amines is 1. The van der Waals surface area contributed by atoms with Gasteiger partial charge in [-0.2, -0.15) is 5.10 Å². The normalized spacial score (nSPS) is 19.9. The Hall–Kier alpha value is -3.77. The molecule has 3 heterocycles. The maximum Gasteiger partial charge on any atom is 0.150 e. The van der Waals surface area contributed by atoms with Crippen molar-refractivity contribution in [3.05, 3.63) is 83.6 Å². The van der Waals surface area contributed by atoms with E-state index in [1.807, 2.05) is 36.5 Å². The zero-order chi connectivity index (χ0) is 24.6. The average Bonchev–Trinajstić information content (AvgIpc) is 3.54. The average molecular weight is 482 g/mol. The van der Waals surface area contributed by atoms with Crippen molar-refractivity contribution in [3.63, 3.8) is 0 Å². The Morgan fingerprint density at radius 2 is 1.97 bits per heavy atom. The van der Waals surface area contributed by atoms with E-state index >= 15 is 0 Å². The van der Waals surface area contributed by atoms with E-state index in [1.54, 1.807) is 12.1 Å². The van der Waals surface area contributed by atoms with E-state index in [1.165, 1.54) is 19.5 Å². The third-order valence-electron chi connectivity index (χ3n) is 7.42. The van der Waals surface area contributed by atoms with Crippen LogP contribution in [0.5, 0.6) is 17.2 Å². The van der Waals surface area contributed by atoms with Crippen LogP contribution in [-0.4, -0.2) is 46.4 Å². The molecule has 1 aromatic heterocycles. The second kappa shape index (κ2) is 9.36. The minimum atomic E-state index is -0.303. The lowest BCUT2D eigenvalue weighted by Gasteiger charge is -2.31. The van der Waals surface area contributed by atoms with Gasteiger partial charge in [-0.25, -0.2) is 0 Å². The first kappa shape index (κ1) is 22.7. The van der Waals surface area contributed by atoms with E-state index < -0.39 is 0 Å². The standard InChI is InChI=1S/C30H31N3O3/c1-19-12-13-33(18-19)14-15-35-23-9-6-21(7-10-23)30-29(24-4-3-5-27-26(24)17-31-32-27)20(2)25-16-22(34)8-11-28(25)36-30/h3-11,16-17,19,30,34H,12-15,18H2,1-2H3,(H,31,32)/t19-,30?/m1/s1. The number of aromatic hydroxyl groups is 1. The van der Waals surface area contributed by atoms with Gasteiger partial charge in [0.25, 0.3) is 0 Å². The zero-order valence-corrected chi connectivity index (χ0v) is 20.7. The highest BCUT2D eigenvalue weighted by molar-refractivity contribution is 6.03. The SMILES string of the molecule is CC1=C(c2cccc3[nH]ncc23)C(c2ccc(OCCN3CC[C@@H](C)C3)cc2)Oc2ccc(O)cc21. The van der Waals surface area contributed by atoms with Gasteiger partial charge in [-0.1, -0.05) is 31.2 Å². The predicted octanol–water partition coefficient (Wildman–Crippen LogP) is 6.05. The molecule has 2 aliphatic rings. The van der Waals surface area contributed by atoms with Gasteiger partial charge < -0.3 is 14.6 Å². The zero-order valence-electron chi connectivity index (χ0n) is 20.7. The van der Waals surface area contributed by atoms with E-state index in [4.69, 9.17) is 9.47 Å². The molecule has 1 saturated heterocycles. The summed E-state index contributed by atoms with van der Waals surface area (Å²) in [6, 6.07) is 19.7. The molecule has 1 fully saturated rings. The molecule has 2 N–H and O–H groups in total. The molecule has 4 aromatic rings. The fourth-order valence-electron chi connectivity index (χ4n) is 5.48. The molecule has 36 heavy (non-hydrogen) atoms. The molecule has 0 bridgehead atoms. The maximum atomic E-state index is 10.2. The summed E-state index contributed by atoms with van der Waals surface area (Å²) in [6.45, 7) is 8.39. The number of nitrogens with one attached hydrogen (secondary N) is 1. The van der Waals surface area contributed by atoms with Gasteiger partial charge >= 0.3 is 0 Å². The molecule has 184 valence electrons. The van der Waals surface area contributed by atoms with Gasteiger partial charge in [0.1, 0.15) is 30.0 Å². The highest BCUT2D eigenvalue weighted by Crippen LogP contribution is 2.48. The topological polar surface area (TPSA) is 70.6 Å². The van der Waals surface area contributed by atoms with Crippen LogP contribution in [0.2, 0.25) is 0 Å². The number of hydrogen-bond acceptors (Lipinski definition) is 5. The van der Waals surface area contributed by atoms with Crippen LogP contribution in [0.4, 0.5) is 0 Å². The Balaban J connectivity index is 1.31. The van der Waals surface area contributed by atoms with Gasteiger partial charge in [-0.05, 0) is 78.9 Å². The van der Waals surface area contributed by atoms with Crippen LogP contribution < -0.4 is 9.47 Å². The maximum absolute atomic E-state index is 10.2. The van der Waals surface area contributed by atoms with Crippen LogP contribution in [0.1, 0.15) is 43.1 Å². The van der Waals surface area contributed by atoms with Crippen LogP contribution in [-0.2, 0) is 0 Å². The lowest BCUT2D eigenvalue weighted by Crippen LogP contribution is -2.25. The highest BCUT2D eigenvalue weighted by atomic mass is 16.5. The summed E-state index contributed by atoms with van der Waals surface area (Å²) >= 11 is 0. The molecule has 0 radical (unpaired) electrons.